The maximum atomic E-state index is 9.05. The minimum atomic E-state index is 0.122. The van der Waals surface area contributed by atoms with Crippen molar-refractivity contribution in [2.45, 2.75) is 20.3 Å². The maximum Gasteiger partial charge on any atom is 0.137 e. The maximum absolute atomic E-state index is 9.05. The van der Waals surface area contributed by atoms with Crippen molar-refractivity contribution < 1.29 is 4.74 Å². The van der Waals surface area contributed by atoms with Crippen molar-refractivity contribution in [3.63, 3.8) is 0 Å². The average Bonchev–Trinajstić information content (AvgIpc) is 2.56. The van der Waals surface area contributed by atoms with Crippen molar-refractivity contribution in [3.8, 4) is 17.9 Å². The summed E-state index contributed by atoms with van der Waals surface area (Å²) in [5.74, 6) is 1.61. The monoisotopic (exact) mass is 337 g/mol. The third-order valence-electron chi connectivity index (χ3n) is 3.59. The topological polar surface area (TPSA) is 60.0 Å². The fraction of sp³-hybridized carbons (Fsp3) is 0.263. The predicted octanol–water partition coefficient (Wildman–Crippen LogP) is 4.36. The van der Waals surface area contributed by atoms with Crippen LogP contribution in [-0.4, -0.2) is 12.4 Å². The van der Waals surface area contributed by atoms with Gasteiger partial charge >= 0.3 is 0 Å². The van der Waals surface area contributed by atoms with E-state index in [-0.39, 0.29) is 5.57 Å². The lowest BCUT2D eigenvalue weighted by Crippen LogP contribution is -2.21. The van der Waals surface area contributed by atoms with E-state index in [1.54, 1.807) is 0 Å². The lowest BCUT2D eigenvalue weighted by molar-refractivity contribution is 0.319. The van der Waals surface area contributed by atoms with Gasteiger partial charge in [-0.25, -0.2) is 0 Å². The highest BCUT2D eigenvalue weighted by Gasteiger charge is 2.17. The molecule has 0 fully saturated rings. The zero-order valence-electron chi connectivity index (χ0n) is 13.8. The van der Waals surface area contributed by atoms with Crippen molar-refractivity contribution in [1.29, 1.82) is 10.5 Å². The Balaban J connectivity index is 2.31. The van der Waals surface area contributed by atoms with E-state index in [9.17, 15) is 0 Å². The number of hydrogen-bond acceptors (Lipinski definition) is 5. The quantitative estimate of drug-likeness (QED) is 0.493. The van der Waals surface area contributed by atoms with Gasteiger partial charge in [-0.05, 0) is 50.3 Å². The van der Waals surface area contributed by atoms with Crippen LogP contribution in [0.1, 0.15) is 20.3 Å². The van der Waals surface area contributed by atoms with Crippen molar-refractivity contribution in [2.24, 2.45) is 0 Å². The fourth-order valence-electron chi connectivity index (χ4n) is 2.57. The summed E-state index contributed by atoms with van der Waals surface area (Å²) in [7, 11) is 0. The minimum Gasteiger partial charge on any atom is -0.493 e. The van der Waals surface area contributed by atoms with Crippen LogP contribution in [-0.2, 0) is 0 Å². The highest BCUT2D eigenvalue weighted by Crippen LogP contribution is 2.32. The van der Waals surface area contributed by atoms with Crippen molar-refractivity contribution in [2.75, 3.05) is 17.3 Å². The Labute approximate surface area is 148 Å². The molecule has 24 heavy (non-hydrogen) atoms. The van der Waals surface area contributed by atoms with Gasteiger partial charge in [0.25, 0.3) is 0 Å². The Kier molecular flexibility index (Phi) is 6.12. The normalized spacial score (nSPS) is 13.5. The molecular formula is C19H19N3OS. The number of nitrogens with zero attached hydrogens (tertiary/aromatic N) is 3. The second-order valence-electron chi connectivity index (χ2n) is 5.38. The molecule has 5 heteroatoms. The summed E-state index contributed by atoms with van der Waals surface area (Å²) in [5.41, 5.74) is 3.64. The van der Waals surface area contributed by atoms with Gasteiger partial charge in [0.15, 0.2) is 0 Å². The van der Waals surface area contributed by atoms with Crippen molar-refractivity contribution >= 4 is 18.3 Å². The molecular weight excluding hydrogens is 318 g/mol. The molecule has 0 N–H and O–H groups in total. The Morgan fingerprint density at radius 1 is 1.17 bits per heavy atom. The Hall–Kier alpha value is -2.63. The number of hydrogen-bond donors (Lipinski definition) is 1. The van der Waals surface area contributed by atoms with Crippen LogP contribution in [0.15, 0.2) is 59.0 Å². The zero-order chi connectivity index (χ0) is 17.5. The second-order valence-corrected chi connectivity index (χ2v) is 5.83. The van der Waals surface area contributed by atoms with Crippen LogP contribution in [0.4, 0.5) is 5.69 Å². The first-order valence-electron chi connectivity index (χ1n) is 7.65. The molecule has 0 aromatic heterocycles. The molecule has 1 aromatic rings. The second kappa shape index (κ2) is 8.29. The van der Waals surface area contributed by atoms with Crippen LogP contribution in [0.3, 0.4) is 0 Å². The summed E-state index contributed by atoms with van der Waals surface area (Å²) in [4.78, 5) is 2.07. The van der Waals surface area contributed by atoms with Crippen molar-refractivity contribution in [3.05, 3.63) is 59.0 Å². The number of anilines is 1. The first kappa shape index (κ1) is 17.7. The summed E-state index contributed by atoms with van der Waals surface area (Å²) in [6, 6.07) is 11.7. The van der Waals surface area contributed by atoms with E-state index in [1.807, 2.05) is 62.4 Å². The molecule has 0 saturated carbocycles. The van der Waals surface area contributed by atoms with Gasteiger partial charge in [0, 0.05) is 28.7 Å². The third-order valence-corrected chi connectivity index (χ3v) is 3.91. The van der Waals surface area contributed by atoms with Crippen LogP contribution < -0.4 is 9.64 Å². The van der Waals surface area contributed by atoms with Gasteiger partial charge in [0.2, 0.25) is 0 Å². The number of thiol groups is 1. The minimum absolute atomic E-state index is 0.122. The van der Waals surface area contributed by atoms with Crippen LogP contribution in [0.25, 0.3) is 0 Å². The molecule has 1 aliphatic rings. The summed E-state index contributed by atoms with van der Waals surface area (Å²) in [6.45, 7) is 4.55. The lowest BCUT2D eigenvalue weighted by atomic mass is 10.0. The summed E-state index contributed by atoms with van der Waals surface area (Å²) >= 11 is 4.18. The van der Waals surface area contributed by atoms with Gasteiger partial charge < -0.3 is 9.64 Å². The van der Waals surface area contributed by atoms with E-state index in [2.05, 4.69) is 17.5 Å². The van der Waals surface area contributed by atoms with Crippen LogP contribution in [0.5, 0.6) is 5.75 Å². The Morgan fingerprint density at radius 2 is 1.83 bits per heavy atom. The standard InChI is InChI=1S/C19H19N3OS/c1-14-9-16(17(12-20)13-21)10-15(2)22(14)18-5-3-6-19(11-18)23-7-4-8-24/h3,5-6,9-11,24H,4,7-8H2,1-2H3. The lowest BCUT2D eigenvalue weighted by Gasteiger charge is -2.30. The van der Waals surface area contributed by atoms with Gasteiger partial charge in [-0.1, -0.05) is 6.07 Å². The molecule has 0 spiro atoms. The smallest absolute Gasteiger partial charge is 0.137 e. The molecule has 1 aliphatic heterocycles. The van der Waals surface area contributed by atoms with E-state index < -0.39 is 0 Å². The van der Waals surface area contributed by atoms with Crippen LogP contribution in [0.2, 0.25) is 0 Å². The van der Waals surface area contributed by atoms with E-state index >= 15 is 0 Å². The van der Waals surface area contributed by atoms with Gasteiger partial charge in [0.05, 0.1) is 6.61 Å². The number of rotatable bonds is 5. The van der Waals surface area contributed by atoms with Gasteiger partial charge in [-0.15, -0.1) is 0 Å². The largest absolute Gasteiger partial charge is 0.493 e. The molecule has 0 aliphatic carbocycles. The highest BCUT2D eigenvalue weighted by molar-refractivity contribution is 7.80. The summed E-state index contributed by atoms with van der Waals surface area (Å²) in [5, 5.41) is 18.1. The molecule has 0 saturated heterocycles. The number of nitriles is 2. The zero-order valence-corrected chi connectivity index (χ0v) is 14.7. The molecule has 0 radical (unpaired) electrons. The van der Waals surface area contributed by atoms with E-state index in [1.165, 1.54) is 0 Å². The molecule has 2 rings (SSSR count). The van der Waals surface area contributed by atoms with Gasteiger partial charge in [-0.2, -0.15) is 23.2 Å². The molecule has 122 valence electrons. The fourth-order valence-corrected chi connectivity index (χ4v) is 2.70. The number of ether oxygens (including phenoxy) is 1. The molecule has 0 atom stereocenters. The molecule has 4 nitrogen and oxygen atoms in total. The highest BCUT2D eigenvalue weighted by atomic mass is 32.1. The predicted molar refractivity (Wildman–Crippen MR) is 98.7 cm³/mol. The van der Waals surface area contributed by atoms with Crippen LogP contribution >= 0.6 is 12.6 Å². The molecule has 1 aromatic carbocycles. The summed E-state index contributed by atoms with van der Waals surface area (Å²) in [6.07, 6.45) is 4.60. The van der Waals surface area contributed by atoms with Crippen molar-refractivity contribution in [1.82, 2.24) is 0 Å². The Morgan fingerprint density at radius 3 is 2.42 bits per heavy atom. The number of allylic oxidation sites excluding steroid dienone is 6. The average molecular weight is 337 g/mol. The van der Waals surface area contributed by atoms with E-state index in [4.69, 9.17) is 15.3 Å². The first-order valence-corrected chi connectivity index (χ1v) is 8.29. The first-order chi connectivity index (χ1) is 11.6. The van der Waals surface area contributed by atoms with Gasteiger partial charge in [-0.3, -0.25) is 0 Å². The SMILES string of the molecule is CC1=CC(=C(C#N)C#N)C=C(C)N1c1cccc(OCCCS)c1. The molecule has 1 heterocycles. The van der Waals surface area contributed by atoms with Gasteiger partial charge in [0.1, 0.15) is 23.5 Å². The number of benzene rings is 1. The third kappa shape index (κ3) is 4.01. The van der Waals surface area contributed by atoms with E-state index in [0.717, 1.165) is 35.0 Å². The molecule has 0 unspecified atom stereocenters. The molecule has 0 bridgehead atoms. The van der Waals surface area contributed by atoms with E-state index in [0.29, 0.717) is 12.2 Å². The van der Waals surface area contributed by atoms with Crippen LogP contribution in [0, 0.1) is 22.7 Å². The summed E-state index contributed by atoms with van der Waals surface area (Å²) < 4.78 is 5.73. The molecule has 0 amide bonds. The Bertz CT molecular complexity index is 756.